The van der Waals surface area contributed by atoms with Crippen LogP contribution in [0.5, 0.6) is 5.75 Å². The second-order valence-corrected chi connectivity index (χ2v) is 29.7. The standard InChI is InChI=1S/C72H89F2N15O18S2/c1-5-23-76-70(98)82-50-12-9-14-54(39-50)109(102,103)87-51-13-8-11-46(36-51)57(40-62(91)92)84-72(100)81-49-19-17-48(18-20-49)80-71(99)77-25-29-105-31-33-106-32-30-104-28-22-61(90)83-59(41-63(93)94)68(97)89-26-10-15-60(89)66(95)85-64(44(2)3)67(96)88-108(4,101)43-45-34-52-38-53(35-45)107-27-7-6-24-75-58-37-47(16-21-55(58)73)65-56(74)42-78-69(79-52)86-65/h8-9,11-14,16-21,34-39,42,44,57,59-60,64,75,87H,5-7,10,15,22-33,40-41,43H2,1-4H3,(H,83,90)(H,85,95)(H,91,92)(H,93,94)(H2,76,82,98)(H2,77,80,99)(H,78,79,86)(H2,81,84,100). The van der Waals surface area contributed by atoms with Crippen molar-refractivity contribution in [2.75, 3.05) is 110 Å². The van der Waals surface area contributed by atoms with Crippen molar-refractivity contribution in [1.82, 2.24) is 41.5 Å². The molecule has 3 heterocycles. The maximum absolute atomic E-state index is 15.1. The Labute approximate surface area is 628 Å². The first-order valence-corrected chi connectivity index (χ1v) is 38.6. The van der Waals surface area contributed by atoms with Crippen LogP contribution in [0.1, 0.15) is 89.3 Å². The van der Waals surface area contributed by atoms with Gasteiger partial charge in [0, 0.05) is 78.9 Å². The monoisotopic (exact) mass is 1550 g/mol. The van der Waals surface area contributed by atoms with Crippen molar-refractivity contribution in [2.24, 2.45) is 10.3 Å². The first-order chi connectivity index (χ1) is 52.1. The van der Waals surface area contributed by atoms with Gasteiger partial charge in [0.15, 0.2) is 5.82 Å². The Bertz CT molecular complexity index is 4480. The van der Waals surface area contributed by atoms with Crippen LogP contribution >= 0.6 is 0 Å². The van der Waals surface area contributed by atoms with E-state index in [1.165, 1.54) is 97.3 Å². The molecule has 8 rings (SSSR count). The van der Waals surface area contributed by atoms with Gasteiger partial charge >= 0.3 is 30.0 Å². The molecule has 0 radical (unpaired) electrons. The Hall–Kier alpha value is -11.2. The lowest BCUT2D eigenvalue weighted by molar-refractivity contribution is -0.146. The number of nitrogens with zero attached hydrogens (tertiary/aromatic N) is 4. The second kappa shape index (κ2) is 40.7. The van der Waals surface area contributed by atoms with Crippen LogP contribution in [-0.2, 0) is 68.5 Å². The molecule has 1 fully saturated rings. The topological polar surface area (TPSA) is 456 Å². The predicted octanol–water partition coefficient (Wildman–Crippen LogP) is 7.90. The largest absolute Gasteiger partial charge is 0.494 e. The van der Waals surface area contributed by atoms with Gasteiger partial charge in [-0.15, -0.1) is 0 Å². The number of rotatable bonds is 34. The molecule has 10 amide bonds. The number of hydrogen-bond donors (Lipinski definition) is 13. The first-order valence-electron chi connectivity index (χ1n) is 35.0. The molecule has 5 unspecified atom stereocenters. The number of halogens is 2. The zero-order valence-corrected chi connectivity index (χ0v) is 61.9. The van der Waals surface area contributed by atoms with Gasteiger partial charge in [-0.1, -0.05) is 39.0 Å². The number of urea groups is 3. The van der Waals surface area contributed by atoms with Gasteiger partial charge in [-0.3, -0.25) is 33.5 Å². The lowest BCUT2D eigenvalue weighted by Crippen LogP contribution is -2.56. The molecular weight excluding hydrogens is 1470 g/mol. The maximum Gasteiger partial charge on any atom is 0.319 e. The third kappa shape index (κ3) is 26.9. The molecule has 2 aliphatic heterocycles. The van der Waals surface area contributed by atoms with Gasteiger partial charge in [0.05, 0.1) is 97.4 Å². The predicted molar refractivity (Wildman–Crippen MR) is 400 cm³/mol. The number of anilines is 7. The Morgan fingerprint density at radius 3 is 2.08 bits per heavy atom. The number of fused-ring (bicyclic) bond motifs is 7. The third-order valence-electron chi connectivity index (χ3n) is 16.5. The number of carboxylic acid groups (broad SMARTS) is 2. The third-order valence-corrected chi connectivity index (χ3v) is 19.3. The number of aromatic nitrogens is 2. The fourth-order valence-corrected chi connectivity index (χ4v) is 13.7. The van der Waals surface area contributed by atoms with E-state index in [4.69, 9.17) is 18.9 Å². The molecule has 2 aliphatic rings. The number of nitrogens with one attached hydrogen (secondary N) is 11. The van der Waals surface area contributed by atoms with Crippen molar-refractivity contribution in [1.29, 1.82) is 0 Å². The molecule has 33 nitrogen and oxygen atoms in total. The zero-order valence-electron chi connectivity index (χ0n) is 60.3. The number of benzene rings is 5. The number of carboxylic acids is 2. The van der Waals surface area contributed by atoms with Gasteiger partial charge in [-0.05, 0) is 134 Å². The van der Waals surface area contributed by atoms with Crippen molar-refractivity contribution in [3.05, 3.63) is 138 Å². The Kier molecular flexibility index (Phi) is 31.2. The van der Waals surface area contributed by atoms with E-state index in [1.807, 2.05) is 6.92 Å². The molecule has 1 aromatic heterocycles. The highest BCUT2D eigenvalue weighted by Gasteiger charge is 2.40. The molecule has 109 heavy (non-hydrogen) atoms. The van der Waals surface area contributed by atoms with Gasteiger partial charge in [-0.25, -0.2) is 45.8 Å². The van der Waals surface area contributed by atoms with E-state index in [-0.39, 0.29) is 123 Å². The summed E-state index contributed by atoms with van der Waals surface area (Å²) in [5.74, 6) is -7.61. The molecule has 0 aliphatic carbocycles. The van der Waals surface area contributed by atoms with Gasteiger partial charge in [-0.2, -0.15) is 4.36 Å². The summed E-state index contributed by atoms with van der Waals surface area (Å²) in [6, 6.07) is 19.4. The summed E-state index contributed by atoms with van der Waals surface area (Å²) in [4.78, 5) is 126. The smallest absolute Gasteiger partial charge is 0.319 e. The highest BCUT2D eigenvalue weighted by atomic mass is 32.2. The van der Waals surface area contributed by atoms with Crippen LogP contribution in [0.2, 0.25) is 0 Å². The SMILES string of the molecule is CCCNC(=O)Nc1cccc(S(=O)(=O)Nc2cccc(C(CC(=O)O)NC(=O)Nc3ccc(NC(=O)NCCOCCOCCOCCC(=O)NC(CC(=O)O)C(=O)N4CCCC4C(=O)NC(C(=O)N=S(C)(=O)Cc4cc5cc(c4)OCCCCNc4cc(ccc4F)-c4nc(ncc4F)N5)C(C)C)cc3)c2)c1. The molecule has 5 aromatic carbocycles. The van der Waals surface area contributed by atoms with Gasteiger partial charge < -0.3 is 87.2 Å². The second-order valence-electron chi connectivity index (χ2n) is 25.7. The first kappa shape index (κ1) is 83.5. The zero-order chi connectivity index (χ0) is 78.6. The van der Waals surface area contributed by atoms with E-state index in [0.29, 0.717) is 67.0 Å². The van der Waals surface area contributed by atoms with Crippen molar-refractivity contribution in [2.45, 2.75) is 107 Å². The van der Waals surface area contributed by atoms with E-state index in [2.05, 4.69) is 72.2 Å². The van der Waals surface area contributed by atoms with Crippen molar-refractivity contribution < 1.29 is 93.7 Å². The maximum atomic E-state index is 15.1. The van der Waals surface area contributed by atoms with E-state index in [9.17, 15) is 70.4 Å². The molecule has 37 heteroatoms. The summed E-state index contributed by atoms with van der Waals surface area (Å²) in [5, 5.41) is 46.3. The molecule has 6 aromatic rings. The lowest BCUT2D eigenvalue weighted by Gasteiger charge is -2.29. The Morgan fingerprint density at radius 2 is 1.38 bits per heavy atom. The molecule has 586 valence electrons. The summed E-state index contributed by atoms with van der Waals surface area (Å²) in [6.45, 7) is 6.85. The molecule has 13 N–H and O–H groups in total. The normalized spacial score (nSPS) is 14.8. The van der Waals surface area contributed by atoms with Gasteiger partial charge in [0.25, 0.3) is 15.9 Å². The number of sulfonamides is 1. The average Bonchev–Trinajstić information content (AvgIpc) is 1.61. The Balaban J connectivity index is 0.711. The summed E-state index contributed by atoms with van der Waals surface area (Å²) < 4.78 is 99.9. The van der Waals surface area contributed by atoms with Crippen LogP contribution in [0.3, 0.4) is 0 Å². The minimum Gasteiger partial charge on any atom is -0.494 e. The number of ether oxygens (including phenoxy) is 4. The number of hydrogen-bond acceptors (Lipinski definition) is 20. The van der Waals surface area contributed by atoms with Crippen molar-refractivity contribution >= 4 is 113 Å². The summed E-state index contributed by atoms with van der Waals surface area (Å²) in [6.07, 6.45) is 2.96. The van der Waals surface area contributed by atoms with E-state index in [0.717, 1.165) is 11.1 Å². The average molecular weight is 1550 g/mol. The van der Waals surface area contributed by atoms with Crippen LogP contribution in [-0.4, -0.2) is 188 Å². The minimum atomic E-state index is -4.19. The summed E-state index contributed by atoms with van der Waals surface area (Å²) >= 11 is 0. The fourth-order valence-electron chi connectivity index (χ4n) is 11.3. The van der Waals surface area contributed by atoms with Crippen molar-refractivity contribution in [3.8, 4) is 17.0 Å². The highest BCUT2D eigenvalue weighted by molar-refractivity contribution is 7.93. The van der Waals surface area contributed by atoms with E-state index >= 15 is 4.39 Å². The summed E-state index contributed by atoms with van der Waals surface area (Å²) in [7, 11) is -7.59. The van der Waals surface area contributed by atoms with Crippen LogP contribution in [0.4, 0.5) is 63.2 Å². The van der Waals surface area contributed by atoms with E-state index < -0.39 is 128 Å². The van der Waals surface area contributed by atoms with Crippen LogP contribution < -0.4 is 62.6 Å². The van der Waals surface area contributed by atoms with Gasteiger partial charge in [0.1, 0.15) is 35.4 Å². The van der Waals surface area contributed by atoms with Crippen LogP contribution in [0.15, 0.2) is 125 Å². The molecule has 0 saturated carbocycles. The lowest BCUT2D eigenvalue weighted by atomic mass is 10.0. The van der Waals surface area contributed by atoms with Crippen molar-refractivity contribution in [3.63, 3.8) is 0 Å². The molecule has 5 atom stereocenters. The quantitative estimate of drug-likeness (QED) is 0.0171. The number of aliphatic carboxylic acids is 2. The Morgan fingerprint density at radius 1 is 0.706 bits per heavy atom. The number of carbonyl (C=O) groups excluding carboxylic acids is 7. The molecule has 1 saturated heterocycles. The van der Waals surface area contributed by atoms with E-state index in [1.54, 1.807) is 32.0 Å². The highest BCUT2D eigenvalue weighted by Crippen LogP contribution is 2.31. The summed E-state index contributed by atoms with van der Waals surface area (Å²) in [5.41, 5.74) is 2.42. The van der Waals surface area contributed by atoms with Gasteiger partial charge in [0.2, 0.25) is 23.7 Å². The molecule has 0 spiro atoms. The number of amides is 10. The van der Waals surface area contributed by atoms with Crippen LogP contribution in [0, 0.1) is 17.6 Å². The van der Waals surface area contributed by atoms with Crippen LogP contribution in [0.25, 0.3) is 11.3 Å². The molecule has 6 bridgehead atoms. The molecular formula is C72H89F2N15O18S2. The minimum absolute atomic E-state index is 0.0165. The number of carbonyl (C=O) groups is 9. The number of likely N-dealkylation sites (tertiary alicyclic amines) is 1. The fraction of sp³-hybridized carbons (Fsp3) is 0.403.